The molecular formula is C27H33N3O3. The summed E-state index contributed by atoms with van der Waals surface area (Å²) in [7, 11) is 1.69. The van der Waals surface area contributed by atoms with E-state index in [9.17, 15) is 9.59 Å². The Kier molecular flexibility index (Phi) is 6.25. The molecule has 6 nitrogen and oxygen atoms in total. The van der Waals surface area contributed by atoms with Gasteiger partial charge in [0.1, 0.15) is 11.8 Å². The highest BCUT2D eigenvalue weighted by Crippen LogP contribution is 2.41. The van der Waals surface area contributed by atoms with Crippen LogP contribution in [-0.2, 0) is 4.79 Å². The molecule has 0 radical (unpaired) electrons. The summed E-state index contributed by atoms with van der Waals surface area (Å²) in [6.45, 7) is 2.85. The lowest BCUT2D eigenvalue weighted by Gasteiger charge is -2.39. The summed E-state index contributed by atoms with van der Waals surface area (Å²) in [6.07, 6.45) is 5.27. The summed E-state index contributed by atoms with van der Waals surface area (Å²) < 4.78 is 5.52. The molecule has 2 amide bonds. The van der Waals surface area contributed by atoms with Gasteiger partial charge in [0.05, 0.1) is 12.8 Å². The number of anilines is 1. The number of piperazine rings is 1. The van der Waals surface area contributed by atoms with Crippen LogP contribution in [0.5, 0.6) is 5.75 Å². The van der Waals surface area contributed by atoms with Crippen molar-refractivity contribution in [3.05, 3.63) is 60.2 Å². The molecule has 3 unspecified atom stereocenters. The molecule has 2 aliphatic heterocycles. The van der Waals surface area contributed by atoms with Gasteiger partial charge in [-0.25, -0.2) is 0 Å². The van der Waals surface area contributed by atoms with Crippen molar-refractivity contribution in [1.29, 1.82) is 0 Å². The van der Waals surface area contributed by atoms with Gasteiger partial charge >= 0.3 is 0 Å². The molecule has 3 fully saturated rings. The van der Waals surface area contributed by atoms with Gasteiger partial charge in [0.25, 0.3) is 5.91 Å². The highest BCUT2D eigenvalue weighted by molar-refractivity contribution is 5.98. The molecule has 0 spiro atoms. The highest BCUT2D eigenvalue weighted by atomic mass is 16.5. The molecule has 2 heterocycles. The quantitative estimate of drug-likeness (QED) is 0.715. The van der Waals surface area contributed by atoms with Gasteiger partial charge in [-0.1, -0.05) is 43.2 Å². The highest BCUT2D eigenvalue weighted by Gasteiger charge is 2.48. The molecule has 0 N–H and O–H groups in total. The molecule has 1 saturated carbocycles. The van der Waals surface area contributed by atoms with Crippen LogP contribution in [0.3, 0.4) is 0 Å². The van der Waals surface area contributed by atoms with E-state index >= 15 is 0 Å². The van der Waals surface area contributed by atoms with Crippen molar-refractivity contribution >= 4 is 17.5 Å². The van der Waals surface area contributed by atoms with Crippen molar-refractivity contribution in [3.63, 3.8) is 0 Å². The van der Waals surface area contributed by atoms with Crippen molar-refractivity contribution in [2.75, 3.05) is 38.2 Å². The van der Waals surface area contributed by atoms with Crippen molar-refractivity contribution < 1.29 is 14.3 Å². The molecular weight excluding hydrogens is 414 g/mol. The Hall–Kier alpha value is -3.02. The minimum atomic E-state index is -0.344. The first-order chi connectivity index (χ1) is 16.2. The molecule has 3 atom stereocenters. The number of fused-ring (bicyclic) bond motifs is 1. The van der Waals surface area contributed by atoms with E-state index in [0.29, 0.717) is 24.6 Å². The van der Waals surface area contributed by atoms with Crippen LogP contribution in [0, 0.1) is 5.92 Å². The number of nitrogens with zero attached hydrogens (tertiary/aromatic N) is 3. The summed E-state index contributed by atoms with van der Waals surface area (Å²) in [4.78, 5) is 33.5. The Morgan fingerprint density at radius 3 is 2.33 bits per heavy atom. The fraction of sp³-hybridized carbons (Fsp3) is 0.481. The fourth-order valence-corrected chi connectivity index (χ4v) is 5.97. The van der Waals surface area contributed by atoms with Gasteiger partial charge in [-0.2, -0.15) is 0 Å². The average Bonchev–Trinajstić information content (AvgIpc) is 3.28. The number of carbonyl (C=O) groups excluding carboxylic acids is 2. The third kappa shape index (κ3) is 4.19. The first-order valence-electron chi connectivity index (χ1n) is 12.2. The minimum Gasteiger partial charge on any atom is -0.495 e. The first-order valence-corrected chi connectivity index (χ1v) is 12.2. The summed E-state index contributed by atoms with van der Waals surface area (Å²) in [5.74, 6) is 1.43. The first kappa shape index (κ1) is 21.8. The number of carbonyl (C=O) groups is 2. The minimum absolute atomic E-state index is 0.0102. The van der Waals surface area contributed by atoms with Crippen LogP contribution in [0.1, 0.15) is 42.5 Å². The topological polar surface area (TPSA) is 53.1 Å². The summed E-state index contributed by atoms with van der Waals surface area (Å²) >= 11 is 0. The molecule has 1 aliphatic carbocycles. The smallest absolute Gasteiger partial charge is 0.254 e. The zero-order valence-electron chi connectivity index (χ0n) is 19.4. The average molecular weight is 448 g/mol. The number of likely N-dealkylation sites (tertiary alicyclic amines) is 1. The van der Waals surface area contributed by atoms with E-state index in [4.69, 9.17) is 4.74 Å². The van der Waals surface area contributed by atoms with Crippen LogP contribution in [0.25, 0.3) is 0 Å². The Labute approximate surface area is 196 Å². The molecule has 2 aromatic rings. The largest absolute Gasteiger partial charge is 0.495 e. The van der Waals surface area contributed by atoms with E-state index in [1.165, 1.54) is 6.42 Å². The van der Waals surface area contributed by atoms with Crippen LogP contribution >= 0.6 is 0 Å². The summed E-state index contributed by atoms with van der Waals surface area (Å²) in [5, 5.41) is 0. The van der Waals surface area contributed by atoms with E-state index < -0.39 is 0 Å². The maximum Gasteiger partial charge on any atom is 0.254 e. The molecule has 174 valence electrons. The van der Waals surface area contributed by atoms with Crippen LogP contribution in [0.4, 0.5) is 5.69 Å². The second-order valence-corrected chi connectivity index (χ2v) is 9.43. The third-order valence-corrected chi connectivity index (χ3v) is 7.65. The number of benzene rings is 2. The normalized spacial score (nSPS) is 25.0. The predicted octanol–water partition coefficient (Wildman–Crippen LogP) is 3.82. The predicted molar refractivity (Wildman–Crippen MR) is 129 cm³/mol. The number of hydrogen-bond donors (Lipinski definition) is 0. The summed E-state index contributed by atoms with van der Waals surface area (Å²) in [5.41, 5.74) is 1.75. The SMILES string of the molecule is COc1ccccc1N1CCN(C(=O)C2CC3CCCCC3N2C(=O)c2ccccc2)CC1. The number of methoxy groups -OCH3 is 1. The maximum atomic E-state index is 13.7. The van der Waals surface area contributed by atoms with Crippen LogP contribution < -0.4 is 9.64 Å². The fourth-order valence-electron chi connectivity index (χ4n) is 5.97. The molecule has 0 bridgehead atoms. The molecule has 5 rings (SSSR count). The molecule has 3 aliphatic rings. The Bertz CT molecular complexity index is 987. The Balaban J connectivity index is 1.32. The van der Waals surface area contributed by atoms with Crippen LogP contribution in [-0.4, -0.2) is 67.0 Å². The molecule has 2 aromatic carbocycles. The van der Waals surface area contributed by atoms with E-state index in [0.717, 1.165) is 50.2 Å². The van der Waals surface area contributed by atoms with Crippen molar-refractivity contribution in [3.8, 4) is 5.75 Å². The monoisotopic (exact) mass is 447 g/mol. The standard InChI is InChI=1S/C27H33N3O3/c1-33-25-14-8-7-13-23(25)28-15-17-29(18-16-28)27(32)24-19-21-11-5-6-12-22(21)30(24)26(31)20-9-3-2-4-10-20/h2-4,7-10,13-14,21-22,24H,5-6,11-12,15-19H2,1H3. The molecule has 6 heteroatoms. The van der Waals surface area contributed by atoms with Crippen LogP contribution in [0.15, 0.2) is 54.6 Å². The number of rotatable bonds is 4. The van der Waals surface area contributed by atoms with Gasteiger partial charge in [-0.05, 0) is 49.4 Å². The number of amides is 2. The number of para-hydroxylation sites is 2. The molecule has 2 saturated heterocycles. The zero-order chi connectivity index (χ0) is 22.8. The van der Waals surface area contributed by atoms with Crippen molar-refractivity contribution in [2.24, 2.45) is 5.92 Å². The third-order valence-electron chi connectivity index (χ3n) is 7.65. The van der Waals surface area contributed by atoms with Gasteiger partial charge < -0.3 is 19.4 Å². The van der Waals surface area contributed by atoms with E-state index in [2.05, 4.69) is 11.0 Å². The van der Waals surface area contributed by atoms with Crippen molar-refractivity contribution in [1.82, 2.24) is 9.80 Å². The van der Waals surface area contributed by atoms with Gasteiger partial charge in [-0.15, -0.1) is 0 Å². The van der Waals surface area contributed by atoms with E-state index in [1.54, 1.807) is 7.11 Å². The lowest BCUT2D eigenvalue weighted by Crippen LogP contribution is -2.55. The van der Waals surface area contributed by atoms with Crippen molar-refractivity contribution in [2.45, 2.75) is 44.2 Å². The van der Waals surface area contributed by atoms with Crippen LogP contribution in [0.2, 0.25) is 0 Å². The second kappa shape index (κ2) is 9.46. The van der Waals surface area contributed by atoms with E-state index in [-0.39, 0.29) is 23.9 Å². The number of ether oxygens (including phenoxy) is 1. The van der Waals surface area contributed by atoms with Gasteiger partial charge in [0, 0.05) is 37.8 Å². The number of hydrogen-bond acceptors (Lipinski definition) is 4. The second-order valence-electron chi connectivity index (χ2n) is 9.43. The van der Waals surface area contributed by atoms with E-state index in [1.807, 2.05) is 58.3 Å². The molecule has 33 heavy (non-hydrogen) atoms. The van der Waals surface area contributed by atoms with Gasteiger partial charge in [0.2, 0.25) is 5.91 Å². The molecule has 0 aromatic heterocycles. The maximum absolute atomic E-state index is 13.7. The summed E-state index contributed by atoms with van der Waals surface area (Å²) in [6, 6.07) is 17.3. The lowest BCUT2D eigenvalue weighted by molar-refractivity contribution is -0.136. The van der Waals surface area contributed by atoms with Gasteiger partial charge in [0.15, 0.2) is 0 Å². The Morgan fingerprint density at radius 2 is 1.58 bits per heavy atom. The lowest BCUT2D eigenvalue weighted by atomic mass is 9.84. The Morgan fingerprint density at radius 1 is 0.879 bits per heavy atom. The van der Waals surface area contributed by atoms with Gasteiger partial charge in [-0.3, -0.25) is 9.59 Å². The zero-order valence-corrected chi connectivity index (χ0v) is 19.4.